The zero-order valence-corrected chi connectivity index (χ0v) is 16.2. The highest BCUT2D eigenvalue weighted by atomic mass is 32.2. The van der Waals surface area contributed by atoms with Gasteiger partial charge in [0.2, 0.25) is 0 Å². The Balaban J connectivity index is 1.53. The Morgan fingerprint density at radius 2 is 0.926 bits per heavy atom. The maximum Gasteiger partial charge on any atom is 0.182 e. The molecule has 5 saturated carbocycles. The Morgan fingerprint density at radius 3 is 1.30 bits per heavy atom. The van der Waals surface area contributed by atoms with Gasteiger partial charge in [0.25, 0.3) is 0 Å². The summed E-state index contributed by atoms with van der Waals surface area (Å²) in [5.41, 5.74) is 0. The highest BCUT2D eigenvalue weighted by Gasteiger charge is 2.83. The minimum Gasteiger partial charge on any atom is -0.223 e. The normalized spacial score (nSPS) is 41.0. The second-order valence-corrected chi connectivity index (χ2v) is 12.7. The maximum absolute atomic E-state index is 13.6. The van der Waals surface area contributed by atoms with Crippen LogP contribution in [0.1, 0.15) is 6.42 Å². The topological polar surface area (TPSA) is 68.3 Å². The van der Waals surface area contributed by atoms with Crippen molar-refractivity contribution in [3.8, 4) is 0 Å². The summed E-state index contributed by atoms with van der Waals surface area (Å²) in [6.45, 7) is 0. The van der Waals surface area contributed by atoms with E-state index in [1.165, 1.54) is 0 Å². The molecular weight excluding hydrogens is 380 g/mol. The molecule has 2 aromatic carbocycles. The first-order chi connectivity index (χ1) is 12.9. The molecule has 0 aliphatic heterocycles. The van der Waals surface area contributed by atoms with Gasteiger partial charge in [-0.05, 0) is 66.2 Å². The van der Waals surface area contributed by atoms with E-state index < -0.39 is 30.2 Å². The molecule has 27 heavy (non-hydrogen) atoms. The van der Waals surface area contributed by atoms with Crippen LogP contribution in [0.25, 0.3) is 0 Å². The minimum atomic E-state index is -3.70. The largest absolute Gasteiger partial charge is 0.223 e. The van der Waals surface area contributed by atoms with Crippen LogP contribution < -0.4 is 0 Å². The molecule has 0 heterocycles. The van der Waals surface area contributed by atoms with E-state index in [1.54, 1.807) is 60.7 Å². The van der Waals surface area contributed by atoms with Gasteiger partial charge in [0, 0.05) is 0 Å². The molecule has 6 unspecified atom stereocenters. The predicted molar refractivity (Wildman–Crippen MR) is 100 cm³/mol. The van der Waals surface area contributed by atoms with Gasteiger partial charge in [0.15, 0.2) is 19.7 Å². The van der Waals surface area contributed by atoms with Crippen molar-refractivity contribution in [2.45, 2.75) is 26.7 Å². The minimum absolute atomic E-state index is 0.0127. The lowest BCUT2D eigenvalue weighted by molar-refractivity contribution is 0.436. The summed E-state index contributed by atoms with van der Waals surface area (Å²) in [5.74, 6) is 1.72. The second kappa shape index (κ2) is 5.03. The van der Waals surface area contributed by atoms with Gasteiger partial charge in [-0.1, -0.05) is 36.4 Å². The second-order valence-electron chi connectivity index (χ2n) is 8.52. The van der Waals surface area contributed by atoms with E-state index in [0.29, 0.717) is 17.8 Å². The Kier molecular flexibility index (Phi) is 3.04. The van der Waals surface area contributed by atoms with Crippen LogP contribution in [0.4, 0.5) is 0 Å². The van der Waals surface area contributed by atoms with E-state index >= 15 is 0 Å². The van der Waals surface area contributed by atoms with Crippen LogP contribution in [0.3, 0.4) is 0 Å². The fourth-order valence-corrected chi connectivity index (χ4v) is 12.2. The van der Waals surface area contributed by atoms with Crippen LogP contribution in [0.5, 0.6) is 0 Å². The third kappa shape index (κ3) is 1.88. The van der Waals surface area contributed by atoms with Gasteiger partial charge in [-0.2, -0.15) is 0 Å². The molecule has 0 spiro atoms. The zero-order chi connectivity index (χ0) is 18.6. The van der Waals surface area contributed by atoms with Crippen LogP contribution in [0, 0.1) is 35.5 Å². The van der Waals surface area contributed by atoms with E-state index in [1.807, 2.05) is 0 Å². The van der Waals surface area contributed by atoms with Gasteiger partial charge in [-0.3, -0.25) is 0 Å². The van der Waals surface area contributed by atoms with Crippen molar-refractivity contribution in [2.24, 2.45) is 35.5 Å². The Morgan fingerprint density at radius 1 is 0.556 bits per heavy atom. The lowest BCUT2D eigenvalue weighted by Gasteiger charge is -2.30. The molecule has 0 aromatic heterocycles. The van der Waals surface area contributed by atoms with Gasteiger partial charge in [0.05, 0.1) is 20.3 Å². The number of hydrogen-bond acceptors (Lipinski definition) is 4. The van der Waals surface area contributed by atoms with Crippen LogP contribution in [0.2, 0.25) is 0 Å². The van der Waals surface area contributed by atoms with Crippen molar-refractivity contribution in [1.29, 1.82) is 0 Å². The molecule has 7 rings (SSSR count). The molecule has 5 aliphatic carbocycles. The molecule has 5 fully saturated rings. The van der Waals surface area contributed by atoms with Gasteiger partial charge in [0.1, 0.15) is 0 Å². The number of sulfone groups is 2. The molecule has 0 saturated heterocycles. The summed E-state index contributed by atoms with van der Waals surface area (Å²) >= 11 is 0. The molecule has 140 valence electrons. The zero-order valence-electron chi connectivity index (χ0n) is 14.5. The smallest absolute Gasteiger partial charge is 0.182 e. The van der Waals surface area contributed by atoms with E-state index in [0.717, 1.165) is 6.42 Å². The summed E-state index contributed by atoms with van der Waals surface area (Å²) in [6, 6.07) is 16.8. The lowest BCUT2D eigenvalue weighted by atomic mass is 10.00. The molecular formula is C21H20O4S2. The molecule has 2 aromatic rings. The molecule has 6 heteroatoms. The van der Waals surface area contributed by atoms with Crippen molar-refractivity contribution < 1.29 is 16.8 Å². The van der Waals surface area contributed by atoms with Crippen molar-refractivity contribution in [2.75, 3.05) is 0 Å². The molecule has 6 bridgehead atoms. The lowest BCUT2D eigenvalue weighted by Crippen LogP contribution is -2.45. The van der Waals surface area contributed by atoms with Crippen LogP contribution in [0.15, 0.2) is 70.5 Å². The van der Waals surface area contributed by atoms with Crippen LogP contribution in [-0.4, -0.2) is 27.3 Å². The van der Waals surface area contributed by atoms with Crippen molar-refractivity contribution in [1.82, 2.24) is 0 Å². The van der Waals surface area contributed by atoms with Gasteiger partial charge in [-0.25, -0.2) is 16.8 Å². The van der Waals surface area contributed by atoms with Crippen molar-refractivity contribution in [3.63, 3.8) is 0 Å². The first-order valence-corrected chi connectivity index (χ1v) is 12.6. The Labute approximate surface area is 159 Å². The molecule has 6 atom stereocenters. The van der Waals surface area contributed by atoms with Crippen LogP contribution in [-0.2, 0) is 19.7 Å². The third-order valence-corrected chi connectivity index (χ3v) is 12.3. The van der Waals surface area contributed by atoms with Gasteiger partial charge < -0.3 is 0 Å². The van der Waals surface area contributed by atoms with Gasteiger partial charge >= 0.3 is 0 Å². The summed E-state index contributed by atoms with van der Waals surface area (Å²) < 4.78 is 54.3. The fourth-order valence-electron chi connectivity index (χ4n) is 6.95. The third-order valence-electron chi connectivity index (χ3n) is 7.66. The number of rotatable bonds is 4. The molecule has 0 radical (unpaired) electrons. The average Bonchev–Trinajstić information content (AvgIpc) is 3.02. The summed E-state index contributed by atoms with van der Waals surface area (Å²) in [4.78, 5) is 0.510. The maximum atomic E-state index is 13.6. The summed E-state index contributed by atoms with van der Waals surface area (Å²) in [6.07, 6.45) is 1.02. The fraction of sp³-hybridized carbons (Fsp3) is 0.429. The molecule has 0 N–H and O–H groups in total. The van der Waals surface area contributed by atoms with Crippen molar-refractivity contribution >= 4 is 19.7 Å². The SMILES string of the molecule is O=S(=O)(c1ccccc1)C1C2C3CC4C2C4C3C1S(=O)(=O)c1ccccc1. The standard InChI is InChI=1S/C21H20O4S2/c22-26(23,12-7-3-1-4-8-12)20-18-15-11-14-16(18)17(14)19(15)21(20)27(24,25)13-9-5-2-6-10-13/h1-10,14-21H,11H2. The van der Waals surface area contributed by atoms with Crippen LogP contribution >= 0.6 is 0 Å². The molecule has 5 aliphatic rings. The number of benzene rings is 2. The van der Waals surface area contributed by atoms with Crippen molar-refractivity contribution in [3.05, 3.63) is 60.7 Å². The van der Waals surface area contributed by atoms with E-state index in [2.05, 4.69) is 0 Å². The molecule has 4 nitrogen and oxygen atoms in total. The van der Waals surface area contributed by atoms with E-state index in [-0.39, 0.29) is 27.5 Å². The monoisotopic (exact) mass is 400 g/mol. The Bertz CT molecular complexity index is 1040. The van der Waals surface area contributed by atoms with Gasteiger partial charge in [-0.15, -0.1) is 0 Å². The number of hydrogen-bond donors (Lipinski definition) is 0. The summed E-state index contributed by atoms with van der Waals surface area (Å²) in [7, 11) is -7.40. The first kappa shape index (κ1) is 16.3. The Hall–Kier alpha value is -1.66. The summed E-state index contributed by atoms with van der Waals surface area (Å²) in [5, 5.41) is -1.62. The highest BCUT2D eigenvalue weighted by molar-refractivity contribution is 7.96. The van der Waals surface area contributed by atoms with E-state index in [9.17, 15) is 16.8 Å². The highest BCUT2D eigenvalue weighted by Crippen LogP contribution is 2.82. The predicted octanol–water partition coefficient (Wildman–Crippen LogP) is 2.81. The average molecular weight is 401 g/mol. The quantitative estimate of drug-likeness (QED) is 0.791. The molecule has 0 amide bonds. The first-order valence-electron chi connectivity index (χ1n) is 9.52. The van der Waals surface area contributed by atoms with E-state index in [4.69, 9.17) is 0 Å².